The highest BCUT2D eigenvalue weighted by molar-refractivity contribution is 14.1. The molecule has 6 heteroatoms. The van der Waals surface area contributed by atoms with Crippen molar-refractivity contribution in [3.8, 4) is 17.0 Å². The molecule has 0 aliphatic carbocycles. The molecule has 1 heterocycles. The smallest absolute Gasteiger partial charge is 0.258 e. The predicted octanol–water partition coefficient (Wildman–Crippen LogP) is 4.11. The fourth-order valence-electron chi connectivity index (χ4n) is 2.04. The van der Waals surface area contributed by atoms with Gasteiger partial charge in [-0.15, -0.1) is 11.3 Å². The van der Waals surface area contributed by atoms with E-state index in [1.807, 2.05) is 60.0 Å². The molecule has 0 aliphatic rings. The van der Waals surface area contributed by atoms with E-state index in [-0.39, 0.29) is 12.5 Å². The lowest BCUT2D eigenvalue weighted by Gasteiger charge is -2.06. The minimum absolute atomic E-state index is 0.00247. The highest BCUT2D eigenvalue weighted by Crippen LogP contribution is 2.21. The van der Waals surface area contributed by atoms with Crippen LogP contribution in [0, 0.1) is 3.57 Å². The molecule has 1 N–H and O–H groups in total. The van der Waals surface area contributed by atoms with Gasteiger partial charge in [-0.3, -0.25) is 4.79 Å². The van der Waals surface area contributed by atoms with Crippen LogP contribution in [0.15, 0.2) is 60.0 Å². The van der Waals surface area contributed by atoms with Crippen molar-refractivity contribution in [3.63, 3.8) is 0 Å². The Morgan fingerprint density at radius 1 is 1.12 bits per heavy atom. The van der Waals surface area contributed by atoms with E-state index in [2.05, 4.69) is 32.9 Å². The Kier molecular flexibility index (Phi) is 5.81. The number of rotatable bonds is 6. The first-order chi connectivity index (χ1) is 11.7. The van der Waals surface area contributed by atoms with Gasteiger partial charge in [0.1, 0.15) is 10.8 Å². The molecular formula is C18H15IN2O2S. The van der Waals surface area contributed by atoms with Gasteiger partial charge in [0.25, 0.3) is 5.91 Å². The molecule has 0 bridgehead atoms. The number of amides is 1. The zero-order valence-electron chi connectivity index (χ0n) is 12.7. The Bertz CT molecular complexity index is 803. The molecular weight excluding hydrogens is 435 g/mol. The number of ether oxygens (including phenoxy) is 1. The number of benzene rings is 2. The number of carbonyl (C=O) groups excluding carboxylic acids is 1. The van der Waals surface area contributed by atoms with Gasteiger partial charge in [-0.05, 0) is 46.9 Å². The zero-order valence-corrected chi connectivity index (χ0v) is 15.7. The van der Waals surface area contributed by atoms with Crippen molar-refractivity contribution in [2.75, 3.05) is 6.61 Å². The fraction of sp³-hybridized carbons (Fsp3) is 0.111. The van der Waals surface area contributed by atoms with Crippen molar-refractivity contribution >= 4 is 39.8 Å². The highest BCUT2D eigenvalue weighted by atomic mass is 127. The predicted molar refractivity (Wildman–Crippen MR) is 104 cm³/mol. The van der Waals surface area contributed by atoms with E-state index in [0.29, 0.717) is 12.3 Å². The minimum atomic E-state index is -0.162. The summed E-state index contributed by atoms with van der Waals surface area (Å²) in [5, 5.41) is 5.70. The number of hydrogen-bond acceptors (Lipinski definition) is 4. The second-order valence-corrected chi connectivity index (χ2v) is 7.20. The first-order valence-electron chi connectivity index (χ1n) is 7.35. The molecule has 122 valence electrons. The van der Waals surface area contributed by atoms with Crippen LogP contribution < -0.4 is 10.1 Å². The van der Waals surface area contributed by atoms with Crippen LogP contribution in [-0.4, -0.2) is 17.5 Å². The van der Waals surface area contributed by atoms with Crippen LogP contribution in [0.25, 0.3) is 11.3 Å². The Labute approximate surface area is 158 Å². The van der Waals surface area contributed by atoms with Gasteiger partial charge in [-0.25, -0.2) is 4.98 Å². The lowest BCUT2D eigenvalue weighted by molar-refractivity contribution is -0.123. The number of thiazole rings is 1. The second kappa shape index (κ2) is 8.25. The highest BCUT2D eigenvalue weighted by Gasteiger charge is 2.07. The molecule has 0 unspecified atom stereocenters. The van der Waals surface area contributed by atoms with Gasteiger partial charge >= 0.3 is 0 Å². The third kappa shape index (κ3) is 4.78. The molecule has 1 aromatic heterocycles. The molecule has 0 saturated carbocycles. The van der Waals surface area contributed by atoms with Crippen LogP contribution in [-0.2, 0) is 11.3 Å². The van der Waals surface area contributed by atoms with Gasteiger partial charge in [0, 0.05) is 14.5 Å². The monoisotopic (exact) mass is 450 g/mol. The van der Waals surface area contributed by atoms with E-state index >= 15 is 0 Å². The largest absolute Gasteiger partial charge is 0.484 e. The van der Waals surface area contributed by atoms with E-state index in [4.69, 9.17) is 4.74 Å². The summed E-state index contributed by atoms with van der Waals surface area (Å²) in [7, 11) is 0. The maximum Gasteiger partial charge on any atom is 0.258 e. The summed E-state index contributed by atoms with van der Waals surface area (Å²) in [6, 6.07) is 17.6. The number of halogens is 1. The van der Waals surface area contributed by atoms with Gasteiger partial charge in [0.05, 0.1) is 12.2 Å². The van der Waals surface area contributed by atoms with Crippen LogP contribution in [0.4, 0.5) is 0 Å². The molecule has 1 amide bonds. The first kappa shape index (κ1) is 16.9. The summed E-state index contributed by atoms with van der Waals surface area (Å²) in [4.78, 5) is 16.4. The van der Waals surface area contributed by atoms with Gasteiger partial charge in [-0.2, -0.15) is 0 Å². The summed E-state index contributed by atoms with van der Waals surface area (Å²) in [6.45, 7) is 0.407. The van der Waals surface area contributed by atoms with Gasteiger partial charge in [0.2, 0.25) is 0 Å². The van der Waals surface area contributed by atoms with Crippen LogP contribution in [0.1, 0.15) is 5.01 Å². The molecule has 0 saturated heterocycles. The lowest BCUT2D eigenvalue weighted by Crippen LogP contribution is -2.28. The van der Waals surface area contributed by atoms with E-state index in [1.54, 1.807) is 0 Å². The third-order valence-electron chi connectivity index (χ3n) is 3.24. The van der Waals surface area contributed by atoms with Crippen molar-refractivity contribution in [2.45, 2.75) is 6.54 Å². The number of hydrogen-bond donors (Lipinski definition) is 1. The fourth-order valence-corrected chi connectivity index (χ4v) is 3.14. The van der Waals surface area contributed by atoms with Crippen molar-refractivity contribution in [1.82, 2.24) is 10.3 Å². The maximum atomic E-state index is 11.9. The van der Waals surface area contributed by atoms with Crippen molar-refractivity contribution in [3.05, 3.63) is 68.6 Å². The number of nitrogens with zero attached hydrogens (tertiary/aromatic N) is 1. The van der Waals surface area contributed by atoms with E-state index < -0.39 is 0 Å². The molecule has 24 heavy (non-hydrogen) atoms. The molecule has 3 aromatic rings. The maximum absolute atomic E-state index is 11.9. The molecule has 0 fully saturated rings. The van der Waals surface area contributed by atoms with Gasteiger partial charge in [-0.1, -0.05) is 30.3 Å². The standard InChI is InChI=1S/C18H15IN2O2S/c19-14-6-8-15(9-7-14)23-11-17(22)20-10-18-21-16(12-24-18)13-4-2-1-3-5-13/h1-9,12H,10-11H2,(H,20,22). The van der Waals surface area contributed by atoms with Crippen molar-refractivity contribution in [1.29, 1.82) is 0 Å². The summed E-state index contributed by atoms with van der Waals surface area (Å²) >= 11 is 3.76. The molecule has 0 spiro atoms. The Morgan fingerprint density at radius 3 is 2.62 bits per heavy atom. The average molecular weight is 450 g/mol. The van der Waals surface area contributed by atoms with Crippen LogP contribution in [0.5, 0.6) is 5.75 Å². The van der Waals surface area contributed by atoms with E-state index in [1.165, 1.54) is 11.3 Å². The molecule has 0 aliphatic heterocycles. The Morgan fingerprint density at radius 2 is 1.88 bits per heavy atom. The van der Waals surface area contributed by atoms with Crippen LogP contribution >= 0.6 is 33.9 Å². The Hall–Kier alpha value is -1.93. The Balaban J connectivity index is 1.48. The topological polar surface area (TPSA) is 51.2 Å². The molecule has 3 rings (SSSR count). The SMILES string of the molecule is O=C(COc1ccc(I)cc1)NCc1nc(-c2ccccc2)cs1. The van der Waals surface area contributed by atoms with Crippen molar-refractivity contribution < 1.29 is 9.53 Å². The number of carbonyl (C=O) groups is 1. The molecule has 4 nitrogen and oxygen atoms in total. The van der Waals surface area contributed by atoms with Crippen LogP contribution in [0.2, 0.25) is 0 Å². The quantitative estimate of drug-likeness (QED) is 0.576. The van der Waals surface area contributed by atoms with Crippen LogP contribution in [0.3, 0.4) is 0 Å². The number of aromatic nitrogens is 1. The third-order valence-corrected chi connectivity index (χ3v) is 4.81. The second-order valence-electron chi connectivity index (χ2n) is 5.01. The first-order valence-corrected chi connectivity index (χ1v) is 9.31. The van der Waals surface area contributed by atoms with Crippen molar-refractivity contribution in [2.24, 2.45) is 0 Å². The van der Waals surface area contributed by atoms with Gasteiger partial charge < -0.3 is 10.1 Å². The average Bonchev–Trinajstić information content (AvgIpc) is 3.09. The van der Waals surface area contributed by atoms with E-state index in [9.17, 15) is 4.79 Å². The van der Waals surface area contributed by atoms with E-state index in [0.717, 1.165) is 19.8 Å². The van der Waals surface area contributed by atoms with Gasteiger partial charge in [0.15, 0.2) is 6.61 Å². The number of nitrogens with one attached hydrogen (secondary N) is 1. The summed E-state index contributed by atoms with van der Waals surface area (Å²) in [5.41, 5.74) is 2.01. The normalized spacial score (nSPS) is 10.4. The lowest BCUT2D eigenvalue weighted by atomic mass is 10.2. The molecule has 0 radical (unpaired) electrons. The summed E-state index contributed by atoms with van der Waals surface area (Å²) in [6.07, 6.45) is 0. The summed E-state index contributed by atoms with van der Waals surface area (Å²) < 4.78 is 6.58. The minimum Gasteiger partial charge on any atom is -0.484 e. The summed E-state index contributed by atoms with van der Waals surface area (Å²) in [5.74, 6) is 0.524. The zero-order chi connectivity index (χ0) is 16.8. The molecule has 0 atom stereocenters. The molecule has 2 aromatic carbocycles.